The zero-order chi connectivity index (χ0) is 13.5. The van der Waals surface area contributed by atoms with Crippen molar-refractivity contribution in [2.45, 2.75) is 45.1 Å². The molecule has 102 valence electrons. The molecule has 0 spiro atoms. The minimum Gasteiger partial charge on any atom is -0.462 e. The molecule has 0 radical (unpaired) electrons. The van der Waals surface area contributed by atoms with Crippen molar-refractivity contribution in [3.63, 3.8) is 0 Å². The third-order valence-electron chi connectivity index (χ3n) is 3.11. The number of carbonyl (C=O) groups is 2. The van der Waals surface area contributed by atoms with Gasteiger partial charge in [-0.1, -0.05) is 13.0 Å². The summed E-state index contributed by atoms with van der Waals surface area (Å²) in [5.41, 5.74) is 0.394. The van der Waals surface area contributed by atoms with E-state index in [1.165, 1.54) is 0 Å². The van der Waals surface area contributed by atoms with Gasteiger partial charge in [0.1, 0.15) is 6.10 Å². The predicted molar refractivity (Wildman–Crippen MR) is 65.2 cm³/mol. The molecule has 2 atom stereocenters. The molecule has 1 saturated carbocycles. The molecule has 0 amide bonds. The monoisotopic (exact) mass is 256 g/mol. The molecule has 0 bridgehead atoms. The van der Waals surface area contributed by atoms with Crippen molar-refractivity contribution < 1.29 is 24.2 Å². The molecular formula is C13H20O5. The van der Waals surface area contributed by atoms with E-state index < -0.39 is 6.16 Å². The number of hydrogen-bond donors (Lipinski definition) is 1. The highest BCUT2D eigenvalue weighted by molar-refractivity contribution is 5.86. The van der Waals surface area contributed by atoms with Crippen LogP contribution in [0.3, 0.4) is 0 Å². The van der Waals surface area contributed by atoms with Crippen LogP contribution in [0.4, 0.5) is 4.79 Å². The van der Waals surface area contributed by atoms with Crippen LogP contribution in [0.1, 0.15) is 39.0 Å². The van der Waals surface area contributed by atoms with Crippen LogP contribution in [0.25, 0.3) is 0 Å². The van der Waals surface area contributed by atoms with E-state index in [2.05, 4.69) is 6.58 Å². The first-order valence-electron chi connectivity index (χ1n) is 6.21. The summed E-state index contributed by atoms with van der Waals surface area (Å²) in [5.74, 6) is -0.00910. The molecule has 1 rings (SSSR count). The molecule has 0 saturated heterocycles. The molecule has 0 heterocycles. The Morgan fingerprint density at radius 3 is 2.72 bits per heavy atom. The van der Waals surface area contributed by atoms with Crippen LogP contribution in [0, 0.1) is 5.92 Å². The van der Waals surface area contributed by atoms with Gasteiger partial charge in [-0.25, -0.2) is 9.59 Å². The SMILES string of the molecule is C=C(C)C(=O)OCCC1CCCC(OC(=O)O)C1. The van der Waals surface area contributed by atoms with Crippen LogP contribution in [-0.4, -0.2) is 29.9 Å². The fourth-order valence-electron chi connectivity index (χ4n) is 2.19. The maximum atomic E-state index is 11.2. The van der Waals surface area contributed by atoms with E-state index in [0.29, 0.717) is 18.1 Å². The number of hydrogen-bond acceptors (Lipinski definition) is 4. The van der Waals surface area contributed by atoms with Gasteiger partial charge in [-0.05, 0) is 38.5 Å². The highest BCUT2D eigenvalue weighted by atomic mass is 16.7. The van der Waals surface area contributed by atoms with Crippen molar-refractivity contribution in [2.75, 3.05) is 6.61 Å². The molecule has 18 heavy (non-hydrogen) atoms. The molecule has 1 N–H and O–H groups in total. The third-order valence-corrected chi connectivity index (χ3v) is 3.11. The van der Waals surface area contributed by atoms with Crippen LogP contribution in [0.2, 0.25) is 0 Å². The van der Waals surface area contributed by atoms with Gasteiger partial charge in [0.25, 0.3) is 0 Å². The van der Waals surface area contributed by atoms with Gasteiger partial charge in [0, 0.05) is 5.57 Å². The van der Waals surface area contributed by atoms with Crippen LogP contribution in [0.5, 0.6) is 0 Å². The summed E-state index contributed by atoms with van der Waals surface area (Å²) in [7, 11) is 0. The van der Waals surface area contributed by atoms with Crippen molar-refractivity contribution in [2.24, 2.45) is 5.92 Å². The van der Waals surface area contributed by atoms with E-state index >= 15 is 0 Å². The minimum atomic E-state index is -1.21. The van der Waals surface area contributed by atoms with E-state index in [1.807, 2.05) is 0 Å². The van der Waals surface area contributed by atoms with Gasteiger partial charge in [-0.15, -0.1) is 0 Å². The largest absolute Gasteiger partial charge is 0.506 e. The zero-order valence-electron chi connectivity index (χ0n) is 10.7. The lowest BCUT2D eigenvalue weighted by molar-refractivity contribution is -0.139. The Morgan fingerprint density at radius 2 is 2.11 bits per heavy atom. The van der Waals surface area contributed by atoms with Crippen LogP contribution in [-0.2, 0) is 14.3 Å². The second kappa shape index (κ2) is 7.03. The minimum absolute atomic E-state index is 0.210. The van der Waals surface area contributed by atoms with E-state index in [0.717, 1.165) is 32.1 Å². The first-order chi connectivity index (χ1) is 8.49. The van der Waals surface area contributed by atoms with Gasteiger partial charge >= 0.3 is 12.1 Å². The van der Waals surface area contributed by atoms with E-state index in [-0.39, 0.29) is 12.1 Å². The molecule has 1 fully saturated rings. The lowest BCUT2D eigenvalue weighted by atomic mass is 9.85. The summed E-state index contributed by atoms with van der Waals surface area (Å²) < 4.78 is 9.81. The van der Waals surface area contributed by atoms with Crippen molar-refractivity contribution in [1.82, 2.24) is 0 Å². The van der Waals surface area contributed by atoms with Crippen molar-refractivity contribution in [3.8, 4) is 0 Å². The number of rotatable bonds is 5. The molecule has 0 aromatic carbocycles. The summed E-state index contributed by atoms with van der Waals surface area (Å²) in [6, 6.07) is 0. The second-order valence-electron chi connectivity index (χ2n) is 4.74. The van der Waals surface area contributed by atoms with Gasteiger partial charge in [0.2, 0.25) is 0 Å². The van der Waals surface area contributed by atoms with Gasteiger partial charge in [0.15, 0.2) is 0 Å². The zero-order valence-corrected chi connectivity index (χ0v) is 10.7. The maximum absolute atomic E-state index is 11.2. The third kappa shape index (κ3) is 5.21. The Hall–Kier alpha value is -1.52. The average Bonchev–Trinajstić information content (AvgIpc) is 2.28. The second-order valence-corrected chi connectivity index (χ2v) is 4.74. The van der Waals surface area contributed by atoms with Gasteiger partial charge in [-0.2, -0.15) is 0 Å². The van der Waals surface area contributed by atoms with E-state index in [9.17, 15) is 9.59 Å². The average molecular weight is 256 g/mol. The summed E-state index contributed by atoms with van der Waals surface area (Å²) in [6.07, 6.45) is 2.82. The molecule has 2 unspecified atom stereocenters. The maximum Gasteiger partial charge on any atom is 0.506 e. The van der Waals surface area contributed by atoms with Gasteiger partial charge < -0.3 is 14.6 Å². The summed E-state index contributed by atoms with van der Waals surface area (Å²) in [5, 5.41) is 8.56. The van der Waals surface area contributed by atoms with Crippen molar-refractivity contribution in [3.05, 3.63) is 12.2 Å². The topological polar surface area (TPSA) is 72.8 Å². The number of esters is 1. The first-order valence-corrected chi connectivity index (χ1v) is 6.21. The molecule has 1 aliphatic rings. The van der Waals surface area contributed by atoms with Crippen molar-refractivity contribution in [1.29, 1.82) is 0 Å². The molecule has 0 aromatic rings. The first kappa shape index (κ1) is 14.5. The quantitative estimate of drug-likeness (QED) is 0.604. The summed E-state index contributed by atoms with van der Waals surface area (Å²) >= 11 is 0. The van der Waals surface area contributed by atoms with E-state index in [4.69, 9.17) is 14.6 Å². The van der Waals surface area contributed by atoms with Crippen LogP contribution >= 0.6 is 0 Å². The van der Waals surface area contributed by atoms with Gasteiger partial charge in [-0.3, -0.25) is 0 Å². The fourth-order valence-corrected chi connectivity index (χ4v) is 2.19. The Bertz CT molecular complexity index is 323. The lowest BCUT2D eigenvalue weighted by Gasteiger charge is -2.27. The predicted octanol–water partition coefficient (Wildman–Crippen LogP) is 2.75. The molecule has 0 aliphatic heterocycles. The molecule has 0 aromatic heterocycles. The smallest absolute Gasteiger partial charge is 0.462 e. The van der Waals surface area contributed by atoms with Gasteiger partial charge in [0.05, 0.1) is 6.61 Å². The van der Waals surface area contributed by atoms with Crippen LogP contribution < -0.4 is 0 Å². The molecule has 5 nitrogen and oxygen atoms in total. The number of ether oxygens (including phenoxy) is 2. The summed E-state index contributed by atoms with van der Waals surface area (Å²) in [6.45, 7) is 5.47. The number of carbonyl (C=O) groups excluding carboxylic acids is 1. The van der Waals surface area contributed by atoms with Crippen molar-refractivity contribution >= 4 is 12.1 Å². The molecule has 1 aliphatic carbocycles. The lowest BCUT2D eigenvalue weighted by Crippen LogP contribution is -2.25. The Labute approximate surface area is 107 Å². The standard InChI is InChI=1S/C13H20O5/c1-9(2)12(14)17-7-6-10-4-3-5-11(8-10)18-13(15)16/h10-11H,1,3-8H2,2H3,(H,15,16). The summed E-state index contributed by atoms with van der Waals surface area (Å²) in [4.78, 5) is 21.6. The number of carboxylic acid groups (broad SMARTS) is 1. The Kier molecular flexibility index (Phi) is 5.68. The normalized spacial score (nSPS) is 23.2. The highest BCUT2D eigenvalue weighted by Gasteiger charge is 2.24. The highest BCUT2D eigenvalue weighted by Crippen LogP contribution is 2.28. The fraction of sp³-hybridized carbons (Fsp3) is 0.692. The molecule has 5 heteroatoms. The Balaban J connectivity index is 2.24. The Morgan fingerprint density at radius 1 is 1.39 bits per heavy atom. The molecular weight excluding hydrogens is 236 g/mol. The van der Waals surface area contributed by atoms with Crippen LogP contribution in [0.15, 0.2) is 12.2 Å². The van der Waals surface area contributed by atoms with E-state index in [1.54, 1.807) is 6.92 Å².